The van der Waals surface area contributed by atoms with Gasteiger partial charge in [0.25, 0.3) is 0 Å². The second-order valence-electron chi connectivity index (χ2n) is 8.81. The fourth-order valence-corrected chi connectivity index (χ4v) is 4.62. The van der Waals surface area contributed by atoms with Crippen LogP contribution in [0.2, 0.25) is 0 Å². The number of Topliss-reactive ketones (excluding diaryl/α,β-unsaturated/α-hetero) is 1. The molecule has 1 aliphatic heterocycles. The van der Waals surface area contributed by atoms with Crippen LogP contribution in [0.5, 0.6) is 0 Å². The topological polar surface area (TPSA) is 87.5 Å². The molecular weight excluding hydrogens is 473 g/mol. The van der Waals surface area contributed by atoms with E-state index in [-0.39, 0.29) is 35.3 Å². The maximum Gasteiger partial charge on any atom is 0.416 e. The van der Waals surface area contributed by atoms with Crippen molar-refractivity contribution in [3.05, 3.63) is 76.5 Å². The highest BCUT2D eigenvalue weighted by molar-refractivity contribution is 6.15. The van der Waals surface area contributed by atoms with Crippen LogP contribution in [-0.2, 0) is 25.3 Å². The molecule has 36 heavy (non-hydrogen) atoms. The van der Waals surface area contributed by atoms with Gasteiger partial charge in [-0.25, -0.2) is 4.79 Å². The minimum absolute atomic E-state index is 0.0223. The van der Waals surface area contributed by atoms with Crippen molar-refractivity contribution in [2.24, 2.45) is 11.8 Å². The van der Waals surface area contributed by atoms with Gasteiger partial charge in [-0.15, -0.1) is 0 Å². The van der Waals surface area contributed by atoms with Crippen molar-refractivity contribution in [1.29, 1.82) is 5.26 Å². The average molecular weight is 496 g/mol. The molecule has 1 aliphatic carbocycles. The number of hydrogen-bond acceptors (Lipinski definition) is 5. The van der Waals surface area contributed by atoms with E-state index in [4.69, 9.17) is 10.00 Å². The molecule has 186 valence electrons. The second kappa shape index (κ2) is 9.61. The second-order valence-corrected chi connectivity index (χ2v) is 8.81. The number of esters is 1. The van der Waals surface area contributed by atoms with Gasteiger partial charge in [-0.1, -0.05) is 18.2 Å². The quantitative estimate of drug-likeness (QED) is 0.408. The summed E-state index contributed by atoms with van der Waals surface area (Å²) in [5, 5.41) is 9.17. The Morgan fingerprint density at radius 3 is 2.36 bits per heavy atom. The molecule has 0 saturated heterocycles. The van der Waals surface area contributed by atoms with E-state index < -0.39 is 35.5 Å². The molecule has 0 N–H and O–H groups in total. The summed E-state index contributed by atoms with van der Waals surface area (Å²) in [4.78, 5) is 41.6. The number of halogens is 3. The summed E-state index contributed by atoms with van der Waals surface area (Å²) in [5.41, 5.74) is -0.120. The van der Waals surface area contributed by atoms with Crippen LogP contribution >= 0.6 is 0 Å². The number of anilines is 1. The van der Waals surface area contributed by atoms with E-state index in [2.05, 4.69) is 0 Å². The number of allylic oxidation sites excluding steroid dienone is 1. The van der Waals surface area contributed by atoms with Crippen LogP contribution in [-0.4, -0.2) is 24.3 Å². The van der Waals surface area contributed by atoms with E-state index in [0.717, 1.165) is 17.0 Å². The average Bonchev–Trinajstić information content (AvgIpc) is 3.69. The van der Waals surface area contributed by atoms with E-state index in [9.17, 15) is 27.6 Å². The zero-order chi connectivity index (χ0) is 26.2. The van der Waals surface area contributed by atoms with Gasteiger partial charge in [0.1, 0.15) is 11.7 Å². The molecule has 1 heterocycles. The van der Waals surface area contributed by atoms with Gasteiger partial charge < -0.3 is 4.74 Å². The number of alkyl halides is 3. The summed E-state index contributed by atoms with van der Waals surface area (Å²) in [5.74, 6) is -4.51. The van der Waals surface area contributed by atoms with E-state index in [1.165, 1.54) is 31.2 Å². The molecule has 0 radical (unpaired) electrons. The maximum absolute atomic E-state index is 13.9. The molecule has 2 aromatic rings. The molecule has 4 rings (SSSR count). The van der Waals surface area contributed by atoms with Crippen molar-refractivity contribution < 1.29 is 32.3 Å². The third-order valence-electron chi connectivity index (χ3n) is 6.47. The van der Waals surface area contributed by atoms with E-state index in [1.807, 2.05) is 6.07 Å². The summed E-state index contributed by atoms with van der Waals surface area (Å²) in [6.07, 6.45) is -3.45. The predicted octanol–water partition coefficient (Wildman–Crippen LogP) is 5.14. The molecular formula is C27H23F3N2O4. The van der Waals surface area contributed by atoms with Crippen molar-refractivity contribution >= 4 is 23.3 Å². The van der Waals surface area contributed by atoms with E-state index in [0.29, 0.717) is 24.0 Å². The van der Waals surface area contributed by atoms with Gasteiger partial charge in [-0.2, -0.15) is 18.4 Å². The number of rotatable bonds is 6. The Bertz CT molecular complexity index is 1290. The monoisotopic (exact) mass is 496 g/mol. The molecule has 6 nitrogen and oxygen atoms in total. The number of ether oxygens (including phenoxy) is 1. The minimum Gasteiger partial charge on any atom is -0.463 e. The number of nitrogens with zero attached hydrogens (tertiary/aromatic N) is 2. The molecule has 2 atom stereocenters. The zero-order valence-corrected chi connectivity index (χ0v) is 19.6. The number of benzene rings is 2. The fraction of sp³-hybridized carbons (Fsp3) is 0.333. The van der Waals surface area contributed by atoms with Crippen LogP contribution in [0.25, 0.3) is 0 Å². The molecule has 2 unspecified atom stereocenters. The summed E-state index contributed by atoms with van der Waals surface area (Å²) < 4.78 is 45.6. The number of carbonyl (C=O) groups is 3. The Balaban J connectivity index is 1.95. The first kappa shape index (κ1) is 25.2. The van der Waals surface area contributed by atoms with Gasteiger partial charge >= 0.3 is 12.1 Å². The lowest BCUT2D eigenvalue weighted by atomic mass is 9.73. The summed E-state index contributed by atoms with van der Waals surface area (Å²) in [6.45, 7) is 3.09. The van der Waals surface area contributed by atoms with Crippen LogP contribution in [0.4, 0.5) is 18.9 Å². The van der Waals surface area contributed by atoms with E-state index in [1.54, 1.807) is 19.1 Å². The Labute approximate surface area is 206 Å². The third-order valence-corrected chi connectivity index (χ3v) is 6.47. The molecule has 0 spiro atoms. The Morgan fingerprint density at radius 1 is 1.14 bits per heavy atom. The summed E-state index contributed by atoms with van der Waals surface area (Å²) >= 11 is 0. The lowest BCUT2D eigenvalue weighted by Crippen LogP contribution is -2.48. The molecule has 0 bridgehead atoms. The van der Waals surface area contributed by atoms with Crippen molar-refractivity contribution in [2.75, 3.05) is 11.5 Å². The SMILES string of the molecule is CCOC(=O)C1=C(C)N(c2cccc(C(F)(F)F)c2)C(=O)C(C(=O)C2CC2)C1c1ccc(C#N)cc1. The van der Waals surface area contributed by atoms with Crippen molar-refractivity contribution in [1.82, 2.24) is 0 Å². The Morgan fingerprint density at radius 2 is 1.81 bits per heavy atom. The lowest BCUT2D eigenvalue weighted by Gasteiger charge is -2.39. The molecule has 2 aliphatic rings. The largest absolute Gasteiger partial charge is 0.463 e. The molecule has 9 heteroatoms. The minimum atomic E-state index is -4.65. The number of amides is 1. The first-order valence-corrected chi connectivity index (χ1v) is 11.5. The van der Waals surface area contributed by atoms with Crippen LogP contribution < -0.4 is 4.90 Å². The number of ketones is 1. The van der Waals surface area contributed by atoms with Gasteiger partial charge in [0.05, 0.1) is 29.4 Å². The molecule has 0 aromatic heterocycles. The number of carbonyl (C=O) groups excluding carboxylic acids is 3. The van der Waals surface area contributed by atoms with E-state index >= 15 is 0 Å². The smallest absolute Gasteiger partial charge is 0.416 e. The maximum atomic E-state index is 13.9. The number of nitriles is 1. The molecule has 1 amide bonds. The highest BCUT2D eigenvalue weighted by atomic mass is 19.4. The van der Waals surface area contributed by atoms with Gasteiger partial charge in [0, 0.05) is 23.2 Å². The standard InChI is InChI=1S/C27H23F3N2O4/c1-3-36-26(35)21-15(2)32(20-6-4-5-19(13-20)27(28,29)30)25(34)23(24(33)18-11-12-18)22(21)17-9-7-16(14-31)8-10-17/h4-10,13,18,22-23H,3,11-12H2,1-2H3. The van der Waals surface area contributed by atoms with Crippen LogP contribution in [0.15, 0.2) is 59.8 Å². The highest BCUT2D eigenvalue weighted by Gasteiger charge is 2.51. The first-order valence-electron chi connectivity index (χ1n) is 11.5. The van der Waals surface area contributed by atoms with Gasteiger partial charge in [-0.05, 0) is 62.6 Å². The van der Waals surface area contributed by atoms with Crippen molar-refractivity contribution in [3.63, 3.8) is 0 Å². The van der Waals surface area contributed by atoms with Crippen LogP contribution in [0.3, 0.4) is 0 Å². The molecule has 1 saturated carbocycles. The lowest BCUT2D eigenvalue weighted by molar-refractivity contribution is -0.140. The molecule has 2 aromatic carbocycles. The van der Waals surface area contributed by atoms with Crippen LogP contribution in [0, 0.1) is 23.2 Å². The Kier molecular flexibility index (Phi) is 6.72. The normalized spacial score (nSPS) is 20.2. The van der Waals surface area contributed by atoms with Gasteiger partial charge in [0.15, 0.2) is 0 Å². The fourth-order valence-electron chi connectivity index (χ4n) is 4.62. The first-order chi connectivity index (χ1) is 17.1. The summed E-state index contributed by atoms with van der Waals surface area (Å²) in [6, 6.07) is 12.4. The van der Waals surface area contributed by atoms with Gasteiger partial charge in [0.2, 0.25) is 5.91 Å². The van der Waals surface area contributed by atoms with Gasteiger partial charge in [-0.3, -0.25) is 14.5 Å². The summed E-state index contributed by atoms with van der Waals surface area (Å²) in [7, 11) is 0. The molecule has 1 fully saturated rings. The number of hydrogen-bond donors (Lipinski definition) is 0. The van der Waals surface area contributed by atoms with Crippen LogP contribution in [0.1, 0.15) is 49.3 Å². The van der Waals surface area contributed by atoms with Crippen molar-refractivity contribution in [2.45, 2.75) is 38.8 Å². The van der Waals surface area contributed by atoms with Crippen molar-refractivity contribution in [3.8, 4) is 6.07 Å². The predicted molar refractivity (Wildman–Crippen MR) is 123 cm³/mol. The third kappa shape index (κ3) is 4.63. The zero-order valence-electron chi connectivity index (χ0n) is 19.6. The highest BCUT2D eigenvalue weighted by Crippen LogP contribution is 2.47. The Hall–Kier alpha value is -3.93.